The zero-order valence-corrected chi connectivity index (χ0v) is 14.7. The van der Waals surface area contributed by atoms with Crippen molar-refractivity contribution in [3.8, 4) is 0 Å². The van der Waals surface area contributed by atoms with Crippen LogP contribution in [0.1, 0.15) is 49.0 Å². The average molecular weight is 362 g/mol. The molecule has 6 heteroatoms. The molecule has 2 aromatic rings. The lowest BCUT2D eigenvalue weighted by Crippen LogP contribution is -2.30. The number of hydrogen-bond donors (Lipinski definition) is 1. The van der Waals surface area contributed by atoms with Crippen molar-refractivity contribution in [1.82, 2.24) is 10.3 Å². The first-order valence-corrected chi connectivity index (χ1v) is 8.71. The van der Waals surface area contributed by atoms with E-state index < -0.39 is 12.1 Å². The Labute approximate surface area is 150 Å². The Morgan fingerprint density at radius 2 is 2.08 bits per heavy atom. The summed E-state index contributed by atoms with van der Waals surface area (Å²) >= 11 is 0. The van der Waals surface area contributed by atoms with Crippen molar-refractivity contribution in [2.24, 2.45) is 5.92 Å². The molecule has 26 heavy (non-hydrogen) atoms. The molecule has 1 aliphatic carbocycles. The molecule has 1 N–H and O–H groups in total. The van der Waals surface area contributed by atoms with Gasteiger partial charge in [-0.05, 0) is 44.7 Å². The van der Waals surface area contributed by atoms with E-state index in [1.165, 1.54) is 6.20 Å². The minimum atomic E-state index is -4.14. The predicted molar refractivity (Wildman–Crippen MR) is 95.7 cm³/mol. The summed E-state index contributed by atoms with van der Waals surface area (Å²) in [6, 6.07) is 7.38. The number of carbonyl (C=O) groups excluding carboxylic acids is 1. The van der Waals surface area contributed by atoms with Gasteiger partial charge in [-0.15, -0.1) is 0 Å². The number of carbonyl (C=O) groups is 1. The van der Waals surface area contributed by atoms with Crippen LogP contribution in [-0.2, 0) is 0 Å². The Balaban J connectivity index is 1.91. The lowest BCUT2D eigenvalue weighted by molar-refractivity contribution is -0.175. The lowest BCUT2D eigenvalue weighted by Gasteiger charge is -2.24. The number of halogens is 3. The Bertz CT molecular complexity index is 856. The zero-order chi connectivity index (χ0) is 18.9. The summed E-state index contributed by atoms with van der Waals surface area (Å²) in [4.78, 5) is 16.6. The second-order valence-electron chi connectivity index (χ2n) is 6.97. The summed E-state index contributed by atoms with van der Waals surface area (Å²) in [6.45, 7) is 3.77. The third kappa shape index (κ3) is 3.89. The van der Waals surface area contributed by atoms with E-state index in [-0.39, 0.29) is 24.8 Å². The zero-order valence-electron chi connectivity index (χ0n) is 14.7. The second kappa shape index (κ2) is 7.09. The summed E-state index contributed by atoms with van der Waals surface area (Å²) in [5.74, 6) is -1.45. The maximum atomic E-state index is 12.9. The lowest BCUT2D eigenvalue weighted by atomic mass is 9.85. The minimum Gasteiger partial charge on any atom is -0.350 e. The van der Waals surface area contributed by atoms with Crippen molar-refractivity contribution >= 4 is 22.4 Å². The van der Waals surface area contributed by atoms with Gasteiger partial charge in [0.1, 0.15) is 0 Å². The SMILES string of the molecule is CC(C)NC(=O)c1cnc2c(C3=CCC(C(F)(F)F)CC3)cccc2c1. The first kappa shape index (κ1) is 18.4. The van der Waals surface area contributed by atoms with Crippen LogP contribution in [0.4, 0.5) is 13.2 Å². The molecule has 1 unspecified atom stereocenters. The van der Waals surface area contributed by atoms with Gasteiger partial charge in [-0.1, -0.05) is 24.3 Å². The van der Waals surface area contributed by atoms with Crippen LogP contribution in [0.2, 0.25) is 0 Å². The Morgan fingerprint density at radius 1 is 1.31 bits per heavy atom. The van der Waals surface area contributed by atoms with Crippen LogP contribution in [0.25, 0.3) is 16.5 Å². The molecule has 1 aromatic carbocycles. The standard InChI is InChI=1S/C20H21F3N2O/c1-12(2)25-19(26)15-10-14-4-3-5-17(18(14)24-11-15)13-6-8-16(9-7-13)20(21,22)23/h3-6,10-12,16H,7-9H2,1-2H3,(H,25,26). The summed E-state index contributed by atoms with van der Waals surface area (Å²) in [6.07, 6.45) is -0.466. The van der Waals surface area contributed by atoms with Crippen LogP contribution in [-0.4, -0.2) is 23.1 Å². The van der Waals surface area contributed by atoms with Crippen LogP contribution in [0.3, 0.4) is 0 Å². The van der Waals surface area contributed by atoms with E-state index >= 15 is 0 Å². The maximum absolute atomic E-state index is 12.9. The van der Waals surface area contributed by atoms with Crippen molar-refractivity contribution in [3.05, 3.63) is 47.7 Å². The molecule has 0 radical (unpaired) electrons. The predicted octanol–water partition coefficient (Wildman–Crippen LogP) is 5.12. The van der Waals surface area contributed by atoms with Crippen molar-refractivity contribution in [1.29, 1.82) is 0 Å². The highest BCUT2D eigenvalue weighted by atomic mass is 19.4. The van der Waals surface area contributed by atoms with Crippen molar-refractivity contribution in [3.63, 3.8) is 0 Å². The number of rotatable bonds is 3. The van der Waals surface area contributed by atoms with E-state index in [1.807, 2.05) is 32.0 Å². The molecule has 1 atom stereocenters. The number of allylic oxidation sites excluding steroid dienone is 2. The largest absolute Gasteiger partial charge is 0.392 e. The van der Waals surface area contributed by atoms with E-state index in [9.17, 15) is 18.0 Å². The van der Waals surface area contributed by atoms with Gasteiger partial charge in [0, 0.05) is 23.2 Å². The van der Waals surface area contributed by atoms with Crippen LogP contribution in [0.15, 0.2) is 36.5 Å². The highest BCUT2D eigenvalue weighted by Crippen LogP contribution is 2.40. The number of fused-ring (bicyclic) bond motifs is 1. The van der Waals surface area contributed by atoms with Crippen LogP contribution >= 0.6 is 0 Å². The first-order chi connectivity index (χ1) is 12.3. The molecular formula is C20H21F3N2O. The number of nitrogens with zero attached hydrogens (tertiary/aromatic N) is 1. The fraction of sp³-hybridized carbons (Fsp3) is 0.400. The number of pyridine rings is 1. The van der Waals surface area contributed by atoms with Gasteiger partial charge in [0.05, 0.1) is 17.0 Å². The Morgan fingerprint density at radius 3 is 2.69 bits per heavy atom. The molecule has 1 aromatic heterocycles. The topological polar surface area (TPSA) is 42.0 Å². The van der Waals surface area contributed by atoms with Gasteiger partial charge in [-0.3, -0.25) is 9.78 Å². The fourth-order valence-electron chi connectivity index (χ4n) is 3.27. The molecule has 0 fully saturated rings. The maximum Gasteiger partial charge on any atom is 0.392 e. The normalized spacial score (nSPS) is 18.1. The van der Waals surface area contributed by atoms with Gasteiger partial charge >= 0.3 is 6.18 Å². The summed E-state index contributed by atoms with van der Waals surface area (Å²) in [5, 5.41) is 3.63. The number of aromatic nitrogens is 1. The van der Waals surface area contributed by atoms with Crippen molar-refractivity contribution < 1.29 is 18.0 Å². The van der Waals surface area contributed by atoms with Gasteiger partial charge in [-0.25, -0.2) is 0 Å². The van der Waals surface area contributed by atoms with Crippen LogP contribution in [0.5, 0.6) is 0 Å². The van der Waals surface area contributed by atoms with E-state index in [0.717, 1.165) is 16.5 Å². The van der Waals surface area contributed by atoms with Crippen molar-refractivity contribution in [2.45, 2.75) is 45.3 Å². The highest BCUT2D eigenvalue weighted by molar-refractivity contribution is 5.99. The molecule has 1 aliphatic rings. The third-order valence-electron chi connectivity index (χ3n) is 4.61. The van der Waals surface area contributed by atoms with E-state index in [4.69, 9.17) is 0 Å². The molecule has 0 aliphatic heterocycles. The molecule has 138 valence electrons. The van der Waals surface area contributed by atoms with Gasteiger partial charge in [-0.2, -0.15) is 13.2 Å². The van der Waals surface area contributed by atoms with Gasteiger partial charge in [0.2, 0.25) is 0 Å². The Kier molecular flexibility index (Phi) is 5.03. The average Bonchev–Trinajstić information content (AvgIpc) is 2.59. The first-order valence-electron chi connectivity index (χ1n) is 8.71. The molecule has 3 nitrogen and oxygen atoms in total. The van der Waals surface area contributed by atoms with Gasteiger partial charge < -0.3 is 5.32 Å². The molecule has 1 heterocycles. The van der Waals surface area contributed by atoms with Gasteiger partial charge in [0.15, 0.2) is 0 Å². The molecular weight excluding hydrogens is 341 g/mol. The summed E-state index contributed by atoms with van der Waals surface area (Å²) < 4.78 is 38.6. The molecule has 3 rings (SSSR count). The van der Waals surface area contributed by atoms with Crippen LogP contribution in [0, 0.1) is 5.92 Å². The highest BCUT2D eigenvalue weighted by Gasteiger charge is 2.39. The monoisotopic (exact) mass is 362 g/mol. The quantitative estimate of drug-likeness (QED) is 0.823. The van der Waals surface area contributed by atoms with Crippen molar-refractivity contribution in [2.75, 3.05) is 0 Å². The molecule has 0 saturated carbocycles. The third-order valence-corrected chi connectivity index (χ3v) is 4.61. The number of alkyl halides is 3. The number of hydrogen-bond acceptors (Lipinski definition) is 2. The van der Waals surface area contributed by atoms with E-state index in [1.54, 1.807) is 12.1 Å². The summed E-state index contributed by atoms with van der Waals surface area (Å²) in [5.41, 5.74) is 2.92. The molecule has 1 amide bonds. The van der Waals surface area contributed by atoms with Crippen LogP contribution < -0.4 is 5.32 Å². The second-order valence-corrected chi connectivity index (χ2v) is 6.97. The number of amides is 1. The molecule has 0 bridgehead atoms. The number of nitrogens with one attached hydrogen (secondary N) is 1. The smallest absolute Gasteiger partial charge is 0.350 e. The minimum absolute atomic E-state index is 0.00407. The number of benzene rings is 1. The molecule has 0 spiro atoms. The van der Waals surface area contributed by atoms with E-state index in [2.05, 4.69) is 10.3 Å². The Hall–Kier alpha value is -2.37. The fourth-order valence-corrected chi connectivity index (χ4v) is 3.27. The van der Waals surface area contributed by atoms with E-state index in [0.29, 0.717) is 17.5 Å². The number of para-hydroxylation sites is 1. The summed E-state index contributed by atoms with van der Waals surface area (Å²) in [7, 11) is 0. The molecule has 0 saturated heterocycles. The van der Waals surface area contributed by atoms with Gasteiger partial charge in [0.25, 0.3) is 5.91 Å².